The van der Waals surface area contributed by atoms with E-state index in [1.54, 1.807) is 26.2 Å². The third kappa shape index (κ3) is 3.95. The zero-order chi connectivity index (χ0) is 15.4. The van der Waals surface area contributed by atoms with Crippen molar-refractivity contribution in [2.24, 2.45) is 5.73 Å². The van der Waals surface area contributed by atoms with Gasteiger partial charge in [-0.2, -0.15) is 0 Å². The Morgan fingerprint density at radius 1 is 1.19 bits per heavy atom. The minimum absolute atomic E-state index is 0.314. The van der Waals surface area contributed by atoms with Gasteiger partial charge in [0.2, 0.25) is 0 Å². The van der Waals surface area contributed by atoms with Gasteiger partial charge in [0.1, 0.15) is 23.9 Å². The van der Waals surface area contributed by atoms with E-state index in [-0.39, 0.29) is 11.9 Å². The summed E-state index contributed by atoms with van der Waals surface area (Å²) in [6, 6.07) is 9.99. The second-order valence-electron chi connectivity index (χ2n) is 4.72. The van der Waals surface area contributed by atoms with Gasteiger partial charge in [0, 0.05) is 27.7 Å². The molecule has 0 saturated heterocycles. The largest absolute Gasteiger partial charge is 0.497 e. The van der Waals surface area contributed by atoms with E-state index in [2.05, 4.69) is 15.9 Å². The summed E-state index contributed by atoms with van der Waals surface area (Å²) in [6.07, 6.45) is 0. The van der Waals surface area contributed by atoms with Gasteiger partial charge in [-0.1, -0.05) is 22.0 Å². The molecule has 0 heterocycles. The first kappa shape index (κ1) is 15.8. The van der Waals surface area contributed by atoms with Crippen LogP contribution in [0.1, 0.15) is 24.1 Å². The van der Waals surface area contributed by atoms with Gasteiger partial charge in [0.25, 0.3) is 0 Å². The molecule has 21 heavy (non-hydrogen) atoms. The van der Waals surface area contributed by atoms with Gasteiger partial charge in [-0.15, -0.1) is 0 Å². The Bertz CT molecular complexity index is 632. The van der Waals surface area contributed by atoms with E-state index in [4.69, 9.17) is 15.2 Å². The normalized spacial score (nSPS) is 12.0. The molecule has 0 aromatic heterocycles. The quantitative estimate of drug-likeness (QED) is 0.876. The Kier molecular flexibility index (Phi) is 5.20. The van der Waals surface area contributed by atoms with Gasteiger partial charge in [0.05, 0.1) is 7.11 Å². The summed E-state index contributed by atoms with van der Waals surface area (Å²) in [5.41, 5.74) is 7.08. The van der Waals surface area contributed by atoms with Crippen LogP contribution < -0.4 is 15.2 Å². The fraction of sp³-hybridized carbons (Fsp3) is 0.250. The Morgan fingerprint density at radius 3 is 2.52 bits per heavy atom. The van der Waals surface area contributed by atoms with E-state index in [9.17, 15) is 4.39 Å². The van der Waals surface area contributed by atoms with E-state index in [1.165, 1.54) is 6.07 Å². The Hall–Kier alpha value is -1.59. The molecule has 0 amide bonds. The molecule has 2 aromatic rings. The molecule has 1 atom stereocenters. The standard InChI is InChI=1S/C16H17BrFNO2/c1-10(19)14-5-3-13(8-16(14)18)21-9-11-7-12(20-2)4-6-15(11)17/h3-8,10H,9,19H2,1-2H3/t10-/m1/s1. The molecular formula is C16H17BrFNO2. The predicted octanol–water partition coefficient (Wildman–Crippen LogP) is 4.20. The number of benzene rings is 2. The number of hydrogen-bond acceptors (Lipinski definition) is 3. The molecule has 2 aromatic carbocycles. The minimum atomic E-state index is -0.354. The summed E-state index contributed by atoms with van der Waals surface area (Å²) in [5.74, 6) is 0.856. The third-order valence-corrected chi connectivity index (χ3v) is 3.88. The molecular weight excluding hydrogens is 337 g/mol. The molecule has 2 rings (SSSR count). The van der Waals surface area contributed by atoms with E-state index in [1.807, 2.05) is 18.2 Å². The average molecular weight is 354 g/mol. The molecule has 5 heteroatoms. The van der Waals surface area contributed by atoms with E-state index in [0.717, 1.165) is 15.8 Å². The molecule has 0 radical (unpaired) electrons. The van der Waals surface area contributed by atoms with Gasteiger partial charge in [-0.3, -0.25) is 0 Å². The molecule has 3 nitrogen and oxygen atoms in total. The van der Waals surface area contributed by atoms with Crippen molar-refractivity contribution in [2.45, 2.75) is 19.6 Å². The van der Waals surface area contributed by atoms with Crippen LogP contribution in [0, 0.1) is 5.82 Å². The van der Waals surface area contributed by atoms with Crippen LogP contribution in [0.3, 0.4) is 0 Å². The van der Waals surface area contributed by atoms with Crippen molar-refractivity contribution in [2.75, 3.05) is 7.11 Å². The second kappa shape index (κ2) is 6.91. The molecule has 0 aliphatic rings. The number of methoxy groups -OCH3 is 1. The highest BCUT2D eigenvalue weighted by Crippen LogP contribution is 2.25. The summed E-state index contributed by atoms with van der Waals surface area (Å²) in [7, 11) is 1.61. The van der Waals surface area contributed by atoms with Crippen LogP contribution in [-0.4, -0.2) is 7.11 Å². The van der Waals surface area contributed by atoms with Gasteiger partial charge in [-0.05, 0) is 31.2 Å². The Balaban J connectivity index is 2.11. The van der Waals surface area contributed by atoms with E-state index >= 15 is 0 Å². The van der Waals surface area contributed by atoms with Crippen molar-refractivity contribution in [3.05, 3.63) is 57.8 Å². The average Bonchev–Trinajstić information content (AvgIpc) is 2.46. The van der Waals surface area contributed by atoms with Gasteiger partial charge in [-0.25, -0.2) is 4.39 Å². The van der Waals surface area contributed by atoms with Crippen LogP contribution in [0.4, 0.5) is 4.39 Å². The van der Waals surface area contributed by atoms with Crippen LogP contribution in [0.15, 0.2) is 40.9 Å². The first-order valence-electron chi connectivity index (χ1n) is 6.51. The molecule has 0 fully saturated rings. The monoisotopic (exact) mass is 353 g/mol. The van der Waals surface area contributed by atoms with E-state index in [0.29, 0.717) is 17.9 Å². The fourth-order valence-corrected chi connectivity index (χ4v) is 2.28. The highest BCUT2D eigenvalue weighted by atomic mass is 79.9. The molecule has 0 aliphatic carbocycles. The third-order valence-electron chi connectivity index (χ3n) is 3.11. The van der Waals surface area contributed by atoms with Crippen LogP contribution in [0.2, 0.25) is 0 Å². The Morgan fingerprint density at radius 2 is 1.90 bits per heavy atom. The van der Waals surface area contributed by atoms with Crippen LogP contribution >= 0.6 is 15.9 Å². The Labute approximate surface area is 132 Å². The van der Waals surface area contributed by atoms with Crippen LogP contribution in [0.5, 0.6) is 11.5 Å². The molecule has 112 valence electrons. The number of rotatable bonds is 5. The van der Waals surface area contributed by atoms with Gasteiger partial charge in [0.15, 0.2) is 0 Å². The lowest BCUT2D eigenvalue weighted by Crippen LogP contribution is -2.07. The van der Waals surface area contributed by atoms with Crippen molar-refractivity contribution < 1.29 is 13.9 Å². The molecule has 0 unspecified atom stereocenters. The smallest absolute Gasteiger partial charge is 0.131 e. The summed E-state index contributed by atoms with van der Waals surface area (Å²) < 4.78 is 25.5. The molecule has 0 saturated carbocycles. The number of nitrogens with two attached hydrogens (primary N) is 1. The lowest BCUT2D eigenvalue weighted by molar-refractivity contribution is 0.302. The minimum Gasteiger partial charge on any atom is -0.497 e. The van der Waals surface area contributed by atoms with Crippen molar-refractivity contribution in [3.63, 3.8) is 0 Å². The SMILES string of the molecule is COc1ccc(Br)c(COc2ccc([C@@H](C)N)c(F)c2)c1. The van der Waals surface area contributed by atoms with Crippen LogP contribution in [0.25, 0.3) is 0 Å². The predicted molar refractivity (Wildman–Crippen MR) is 84.0 cm³/mol. The molecule has 2 N–H and O–H groups in total. The van der Waals surface area contributed by atoms with Crippen molar-refractivity contribution in [1.82, 2.24) is 0 Å². The van der Waals surface area contributed by atoms with E-state index < -0.39 is 0 Å². The highest BCUT2D eigenvalue weighted by Gasteiger charge is 2.09. The second-order valence-corrected chi connectivity index (χ2v) is 5.57. The first-order chi connectivity index (χ1) is 10.0. The molecule has 0 spiro atoms. The number of halogens is 2. The topological polar surface area (TPSA) is 44.5 Å². The zero-order valence-electron chi connectivity index (χ0n) is 11.9. The first-order valence-corrected chi connectivity index (χ1v) is 7.31. The summed E-state index contributed by atoms with van der Waals surface area (Å²) in [5, 5.41) is 0. The summed E-state index contributed by atoms with van der Waals surface area (Å²) in [6.45, 7) is 2.06. The highest BCUT2D eigenvalue weighted by molar-refractivity contribution is 9.10. The molecule has 0 bridgehead atoms. The summed E-state index contributed by atoms with van der Waals surface area (Å²) in [4.78, 5) is 0. The van der Waals surface area contributed by atoms with Crippen molar-refractivity contribution in [1.29, 1.82) is 0 Å². The zero-order valence-corrected chi connectivity index (χ0v) is 13.5. The maximum Gasteiger partial charge on any atom is 0.131 e. The van der Waals surface area contributed by atoms with Crippen LogP contribution in [-0.2, 0) is 6.61 Å². The van der Waals surface area contributed by atoms with Gasteiger partial charge >= 0.3 is 0 Å². The van der Waals surface area contributed by atoms with Gasteiger partial charge < -0.3 is 15.2 Å². The number of hydrogen-bond donors (Lipinski definition) is 1. The fourth-order valence-electron chi connectivity index (χ4n) is 1.92. The molecule has 0 aliphatic heterocycles. The maximum atomic E-state index is 13.8. The van der Waals surface area contributed by atoms with Crippen molar-refractivity contribution >= 4 is 15.9 Å². The summed E-state index contributed by atoms with van der Waals surface area (Å²) >= 11 is 3.45. The lowest BCUT2D eigenvalue weighted by atomic mass is 10.1. The maximum absolute atomic E-state index is 13.8. The van der Waals surface area contributed by atoms with Crippen molar-refractivity contribution in [3.8, 4) is 11.5 Å². The number of ether oxygens (including phenoxy) is 2. The lowest BCUT2D eigenvalue weighted by Gasteiger charge is -2.12.